The van der Waals surface area contributed by atoms with Gasteiger partial charge in [-0.2, -0.15) is 0 Å². The molecule has 0 aromatic carbocycles. The molecule has 0 spiro atoms. The lowest BCUT2D eigenvalue weighted by atomic mass is 9.80. The molecule has 0 aromatic rings. The van der Waals surface area contributed by atoms with Crippen molar-refractivity contribution in [3.05, 3.63) is 0 Å². The normalized spacial score (nSPS) is 29.0. The van der Waals surface area contributed by atoms with Crippen LogP contribution >= 0.6 is 0 Å². The van der Waals surface area contributed by atoms with Crippen LogP contribution in [0.15, 0.2) is 0 Å². The molecule has 1 aliphatic heterocycles. The quantitative estimate of drug-likeness (QED) is 0.783. The van der Waals surface area contributed by atoms with Gasteiger partial charge in [0.1, 0.15) is 0 Å². The summed E-state index contributed by atoms with van der Waals surface area (Å²) in [6.07, 6.45) is 7.84. The number of hydrogen-bond acceptors (Lipinski definition) is 3. The van der Waals surface area contributed by atoms with E-state index in [0.717, 1.165) is 51.2 Å². The summed E-state index contributed by atoms with van der Waals surface area (Å²) >= 11 is 0. The predicted octanol–water partition coefficient (Wildman–Crippen LogP) is 1.78. The highest BCUT2D eigenvalue weighted by Crippen LogP contribution is 2.30. The van der Waals surface area contributed by atoms with Gasteiger partial charge in [-0.3, -0.25) is 9.59 Å². The smallest absolute Gasteiger partial charge is 0.239 e. The summed E-state index contributed by atoms with van der Waals surface area (Å²) in [4.78, 5) is 26.4. The first-order valence-electron chi connectivity index (χ1n) is 9.31. The summed E-state index contributed by atoms with van der Waals surface area (Å²) in [5.41, 5.74) is 0. The third-order valence-electron chi connectivity index (χ3n) is 5.53. The molecule has 2 fully saturated rings. The van der Waals surface area contributed by atoms with Crippen molar-refractivity contribution in [2.24, 2.45) is 17.8 Å². The van der Waals surface area contributed by atoms with Gasteiger partial charge < -0.3 is 15.5 Å². The molecule has 23 heavy (non-hydrogen) atoms. The molecule has 132 valence electrons. The van der Waals surface area contributed by atoms with Gasteiger partial charge in [0.2, 0.25) is 11.8 Å². The molecule has 2 amide bonds. The number of rotatable bonds is 6. The van der Waals surface area contributed by atoms with Gasteiger partial charge in [-0.1, -0.05) is 13.3 Å². The maximum atomic E-state index is 12.1. The van der Waals surface area contributed by atoms with Crippen molar-refractivity contribution in [1.29, 1.82) is 0 Å². The van der Waals surface area contributed by atoms with Crippen LogP contribution in [-0.2, 0) is 9.59 Å². The fraction of sp³-hybridized carbons (Fsp3) is 0.889. The van der Waals surface area contributed by atoms with Gasteiger partial charge in [-0.05, 0) is 64.0 Å². The van der Waals surface area contributed by atoms with Crippen LogP contribution in [0.2, 0.25) is 0 Å². The van der Waals surface area contributed by atoms with Crippen molar-refractivity contribution >= 4 is 11.8 Å². The second-order valence-electron chi connectivity index (χ2n) is 7.42. The van der Waals surface area contributed by atoms with E-state index in [1.807, 2.05) is 0 Å². The van der Waals surface area contributed by atoms with E-state index < -0.39 is 0 Å². The topological polar surface area (TPSA) is 61.4 Å². The fourth-order valence-corrected chi connectivity index (χ4v) is 3.91. The third-order valence-corrected chi connectivity index (χ3v) is 5.53. The van der Waals surface area contributed by atoms with Crippen molar-refractivity contribution in [2.75, 3.05) is 33.2 Å². The van der Waals surface area contributed by atoms with E-state index in [0.29, 0.717) is 5.92 Å². The van der Waals surface area contributed by atoms with Crippen molar-refractivity contribution < 1.29 is 9.59 Å². The molecule has 0 radical (unpaired) electrons. The monoisotopic (exact) mass is 323 g/mol. The van der Waals surface area contributed by atoms with Crippen LogP contribution in [0.1, 0.15) is 51.9 Å². The Kier molecular flexibility index (Phi) is 7.34. The highest BCUT2D eigenvalue weighted by Gasteiger charge is 2.25. The molecular formula is C18H33N3O2. The van der Waals surface area contributed by atoms with E-state index in [1.54, 1.807) is 0 Å². The first kappa shape index (κ1) is 18.2. The van der Waals surface area contributed by atoms with Crippen molar-refractivity contribution in [2.45, 2.75) is 51.9 Å². The van der Waals surface area contributed by atoms with Gasteiger partial charge in [-0.25, -0.2) is 0 Å². The first-order valence-corrected chi connectivity index (χ1v) is 9.31. The van der Waals surface area contributed by atoms with E-state index in [1.165, 1.54) is 19.3 Å². The van der Waals surface area contributed by atoms with Crippen LogP contribution in [0, 0.1) is 17.8 Å². The van der Waals surface area contributed by atoms with Crippen molar-refractivity contribution in [3.63, 3.8) is 0 Å². The van der Waals surface area contributed by atoms with Gasteiger partial charge >= 0.3 is 0 Å². The molecule has 5 heteroatoms. The minimum atomic E-state index is -0.0613. The molecule has 0 unspecified atom stereocenters. The molecule has 1 aliphatic carbocycles. The first-order chi connectivity index (χ1) is 11.1. The lowest BCUT2D eigenvalue weighted by Crippen LogP contribution is -2.43. The van der Waals surface area contributed by atoms with Gasteiger partial charge in [0, 0.05) is 19.0 Å². The Bertz CT molecular complexity index is 392. The second kappa shape index (κ2) is 9.26. The SMILES string of the molecule is CCC1CCC(C(=O)NCC(=O)NC[C@@H]2CCCN(C)C2)CC1. The van der Waals surface area contributed by atoms with E-state index in [4.69, 9.17) is 0 Å². The summed E-state index contributed by atoms with van der Waals surface area (Å²) < 4.78 is 0. The zero-order valence-corrected chi connectivity index (χ0v) is 14.8. The Morgan fingerprint density at radius 2 is 1.78 bits per heavy atom. The number of piperidine rings is 1. The largest absolute Gasteiger partial charge is 0.354 e. The molecular weight excluding hydrogens is 290 g/mol. The summed E-state index contributed by atoms with van der Waals surface area (Å²) in [5.74, 6) is 1.44. The Labute approximate surface area is 140 Å². The molecule has 2 N–H and O–H groups in total. The fourth-order valence-electron chi connectivity index (χ4n) is 3.91. The summed E-state index contributed by atoms with van der Waals surface area (Å²) in [5, 5.41) is 5.79. The average molecular weight is 323 g/mol. The third kappa shape index (κ3) is 6.13. The summed E-state index contributed by atoms with van der Waals surface area (Å²) in [7, 11) is 2.13. The number of amides is 2. The van der Waals surface area contributed by atoms with E-state index in [2.05, 4.69) is 29.5 Å². The lowest BCUT2D eigenvalue weighted by Gasteiger charge is -2.29. The Balaban J connectivity index is 1.59. The lowest BCUT2D eigenvalue weighted by molar-refractivity contribution is -0.129. The maximum absolute atomic E-state index is 12.1. The molecule has 0 aromatic heterocycles. The highest BCUT2D eigenvalue weighted by atomic mass is 16.2. The molecule has 1 saturated heterocycles. The number of nitrogens with one attached hydrogen (secondary N) is 2. The van der Waals surface area contributed by atoms with Crippen LogP contribution in [0.3, 0.4) is 0 Å². The Hall–Kier alpha value is -1.10. The number of hydrogen-bond donors (Lipinski definition) is 2. The summed E-state index contributed by atoms with van der Waals surface area (Å²) in [6, 6.07) is 0. The van der Waals surface area contributed by atoms with Gasteiger partial charge in [0.25, 0.3) is 0 Å². The minimum absolute atomic E-state index is 0.0613. The molecule has 2 aliphatic rings. The number of nitrogens with zero attached hydrogens (tertiary/aromatic N) is 1. The Morgan fingerprint density at radius 1 is 1.04 bits per heavy atom. The zero-order valence-electron chi connectivity index (χ0n) is 14.8. The standard InChI is InChI=1S/C18H33N3O2/c1-3-14-6-8-16(9-7-14)18(23)20-12-17(22)19-11-15-5-4-10-21(2)13-15/h14-16H,3-13H2,1-2H3,(H,19,22)(H,20,23)/t14?,15-,16?/m0/s1. The Morgan fingerprint density at radius 3 is 2.43 bits per heavy atom. The van der Waals surface area contributed by atoms with Crippen LogP contribution in [0.5, 0.6) is 0 Å². The number of carbonyl (C=O) groups is 2. The average Bonchev–Trinajstić information content (AvgIpc) is 2.58. The summed E-state index contributed by atoms with van der Waals surface area (Å²) in [6.45, 7) is 5.27. The van der Waals surface area contributed by atoms with Crippen molar-refractivity contribution in [1.82, 2.24) is 15.5 Å². The second-order valence-corrected chi connectivity index (χ2v) is 7.42. The van der Waals surface area contributed by atoms with Gasteiger partial charge in [0.05, 0.1) is 6.54 Å². The van der Waals surface area contributed by atoms with Crippen LogP contribution in [0.25, 0.3) is 0 Å². The van der Waals surface area contributed by atoms with E-state index in [-0.39, 0.29) is 24.3 Å². The molecule has 0 bridgehead atoms. The predicted molar refractivity (Wildman–Crippen MR) is 92.0 cm³/mol. The minimum Gasteiger partial charge on any atom is -0.354 e. The maximum Gasteiger partial charge on any atom is 0.239 e. The highest BCUT2D eigenvalue weighted by molar-refractivity contribution is 5.85. The molecule has 2 rings (SSSR count). The van der Waals surface area contributed by atoms with Crippen molar-refractivity contribution in [3.8, 4) is 0 Å². The number of likely N-dealkylation sites (tertiary alicyclic amines) is 1. The van der Waals surface area contributed by atoms with E-state index >= 15 is 0 Å². The molecule has 1 saturated carbocycles. The van der Waals surface area contributed by atoms with Gasteiger partial charge in [0.15, 0.2) is 0 Å². The zero-order chi connectivity index (χ0) is 16.7. The van der Waals surface area contributed by atoms with Gasteiger partial charge in [-0.15, -0.1) is 0 Å². The number of carbonyl (C=O) groups excluding carboxylic acids is 2. The molecule has 5 nitrogen and oxygen atoms in total. The molecule has 1 atom stereocenters. The molecule has 1 heterocycles. The van der Waals surface area contributed by atoms with Crippen LogP contribution < -0.4 is 10.6 Å². The van der Waals surface area contributed by atoms with E-state index in [9.17, 15) is 9.59 Å². The van der Waals surface area contributed by atoms with Crippen LogP contribution in [0.4, 0.5) is 0 Å². The van der Waals surface area contributed by atoms with Crippen LogP contribution in [-0.4, -0.2) is 49.9 Å².